The fraction of sp³-hybridized carbons (Fsp3) is 0.742. The van der Waals surface area contributed by atoms with E-state index in [0.717, 1.165) is 44.9 Å². The molecule has 1 amide bonds. The fourth-order valence-corrected chi connectivity index (χ4v) is 6.71. The number of hydrogen-bond donors (Lipinski definition) is 1. The normalized spacial score (nSPS) is 26.8. The number of nitrogens with zero attached hydrogens (tertiary/aromatic N) is 2. The molecule has 3 fully saturated rings. The van der Waals surface area contributed by atoms with Gasteiger partial charge in [0, 0.05) is 45.3 Å². The van der Waals surface area contributed by atoms with Crippen LogP contribution in [0.25, 0.3) is 0 Å². The maximum atomic E-state index is 14.0. The third-order valence-corrected chi connectivity index (χ3v) is 8.73. The molecule has 2 aliphatic heterocycles. The van der Waals surface area contributed by atoms with E-state index in [1.165, 1.54) is 44.2 Å². The van der Waals surface area contributed by atoms with E-state index >= 15 is 0 Å². The number of hydrogen-bond acceptors (Lipinski definition) is 5. The van der Waals surface area contributed by atoms with E-state index in [0.29, 0.717) is 6.54 Å². The summed E-state index contributed by atoms with van der Waals surface area (Å²) < 4.78 is 5.71. The highest BCUT2D eigenvalue weighted by Crippen LogP contribution is 2.41. The first-order valence-corrected chi connectivity index (χ1v) is 14.6. The highest BCUT2D eigenvalue weighted by Gasteiger charge is 2.52. The number of ether oxygens (including phenoxy) is 1. The van der Waals surface area contributed by atoms with Crippen LogP contribution < -0.4 is 5.32 Å². The molecule has 0 radical (unpaired) electrons. The first kappa shape index (κ1) is 28.1. The third-order valence-electron chi connectivity index (χ3n) is 8.73. The minimum absolute atomic E-state index is 0.0344. The van der Waals surface area contributed by atoms with Crippen LogP contribution in [0.5, 0.6) is 0 Å². The molecule has 2 atom stereocenters. The van der Waals surface area contributed by atoms with E-state index in [2.05, 4.69) is 46.3 Å². The van der Waals surface area contributed by atoms with Gasteiger partial charge in [-0.05, 0) is 63.9 Å². The van der Waals surface area contributed by atoms with Gasteiger partial charge in [0.1, 0.15) is 5.60 Å². The molecular formula is C31H49N3O3. The summed E-state index contributed by atoms with van der Waals surface area (Å²) >= 11 is 0. The van der Waals surface area contributed by atoms with Crippen molar-refractivity contribution in [1.29, 1.82) is 0 Å². The average Bonchev–Trinajstić information content (AvgIpc) is 3.15. The van der Waals surface area contributed by atoms with Gasteiger partial charge in [-0.25, -0.2) is 0 Å². The van der Waals surface area contributed by atoms with E-state index in [4.69, 9.17) is 4.74 Å². The molecule has 6 nitrogen and oxygen atoms in total. The maximum absolute atomic E-state index is 14.0. The molecule has 1 aromatic carbocycles. The largest absolute Gasteiger partial charge is 0.460 e. The van der Waals surface area contributed by atoms with Gasteiger partial charge in [-0.2, -0.15) is 0 Å². The Labute approximate surface area is 224 Å². The van der Waals surface area contributed by atoms with Crippen LogP contribution in [0.4, 0.5) is 0 Å². The number of piperidine rings is 1. The summed E-state index contributed by atoms with van der Waals surface area (Å²) in [5.41, 5.74) is -0.101. The Hall–Kier alpha value is -1.92. The summed E-state index contributed by atoms with van der Waals surface area (Å²) in [6.07, 6.45) is 9.03. The summed E-state index contributed by atoms with van der Waals surface area (Å²) in [5.74, 6) is 0.674. The van der Waals surface area contributed by atoms with Gasteiger partial charge in [-0.3, -0.25) is 14.5 Å². The zero-order chi connectivity index (χ0) is 26.5. The number of carbonyl (C=O) groups excluding carboxylic acids is 2. The summed E-state index contributed by atoms with van der Waals surface area (Å²) in [4.78, 5) is 32.0. The highest BCUT2D eigenvalue weighted by molar-refractivity contribution is 5.88. The molecular weight excluding hydrogens is 462 g/mol. The zero-order valence-electron chi connectivity index (χ0n) is 23.6. The lowest BCUT2D eigenvalue weighted by Crippen LogP contribution is -2.53. The number of esters is 1. The van der Waals surface area contributed by atoms with Gasteiger partial charge in [0.15, 0.2) is 0 Å². The second-order valence-corrected chi connectivity index (χ2v) is 13.0. The van der Waals surface area contributed by atoms with Crippen molar-refractivity contribution >= 4 is 11.9 Å². The average molecular weight is 512 g/mol. The molecule has 4 rings (SSSR count). The first-order chi connectivity index (χ1) is 17.6. The van der Waals surface area contributed by atoms with Crippen LogP contribution in [0.1, 0.15) is 84.6 Å². The number of nitrogens with one attached hydrogen (secondary N) is 1. The van der Waals surface area contributed by atoms with Crippen LogP contribution in [-0.2, 0) is 20.9 Å². The van der Waals surface area contributed by atoms with Gasteiger partial charge < -0.3 is 15.0 Å². The molecule has 0 aromatic heterocycles. The molecule has 37 heavy (non-hydrogen) atoms. The topological polar surface area (TPSA) is 61.9 Å². The number of carbonyl (C=O) groups is 2. The van der Waals surface area contributed by atoms with Gasteiger partial charge in [-0.15, -0.1) is 0 Å². The van der Waals surface area contributed by atoms with Crippen molar-refractivity contribution in [3.8, 4) is 0 Å². The van der Waals surface area contributed by atoms with Crippen LogP contribution >= 0.6 is 0 Å². The Morgan fingerprint density at radius 1 is 1.00 bits per heavy atom. The SMILES string of the molecule is C[C@H]1CN(Cc2ccccc2)C[C@@]1(CC(=O)OC(C)(C)C)C(=O)NC1CCN(CC2CCCCC2)CC1. The molecule has 1 N–H and O–H groups in total. The van der Waals surface area contributed by atoms with E-state index < -0.39 is 11.0 Å². The Balaban J connectivity index is 1.39. The van der Waals surface area contributed by atoms with Gasteiger partial charge in [0.25, 0.3) is 0 Å². The monoisotopic (exact) mass is 511 g/mol. The van der Waals surface area contributed by atoms with Crippen molar-refractivity contribution in [2.24, 2.45) is 17.3 Å². The van der Waals surface area contributed by atoms with Gasteiger partial charge in [0.05, 0.1) is 11.8 Å². The second-order valence-electron chi connectivity index (χ2n) is 13.0. The second kappa shape index (κ2) is 12.3. The molecule has 0 bridgehead atoms. The maximum Gasteiger partial charge on any atom is 0.307 e. The predicted molar refractivity (Wildman–Crippen MR) is 148 cm³/mol. The molecule has 0 spiro atoms. The van der Waals surface area contributed by atoms with Crippen molar-refractivity contribution in [1.82, 2.24) is 15.1 Å². The van der Waals surface area contributed by atoms with Crippen LogP contribution in [0.3, 0.4) is 0 Å². The molecule has 1 saturated carbocycles. The zero-order valence-corrected chi connectivity index (χ0v) is 23.6. The van der Waals surface area contributed by atoms with Crippen LogP contribution in [0.2, 0.25) is 0 Å². The summed E-state index contributed by atoms with van der Waals surface area (Å²) in [5, 5.41) is 3.41. The lowest BCUT2D eigenvalue weighted by atomic mass is 9.75. The van der Waals surface area contributed by atoms with Crippen LogP contribution in [-0.4, -0.2) is 66.0 Å². The summed E-state index contributed by atoms with van der Waals surface area (Å²) in [6.45, 7) is 13.3. The Morgan fingerprint density at radius 2 is 1.68 bits per heavy atom. The molecule has 1 aliphatic carbocycles. The molecule has 6 heteroatoms. The van der Waals surface area contributed by atoms with Crippen molar-refractivity contribution < 1.29 is 14.3 Å². The highest BCUT2D eigenvalue weighted by atomic mass is 16.6. The number of benzene rings is 1. The quantitative estimate of drug-likeness (QED) is 0.497. The van der Waals surface area contributed by atoms with Crippen molar-refractivity contribution in [3.05, 3.63) is 35.9 Å². The van der Waals surface area contributed by atoms with Crippen molar-refractivity contribution in [2.45, 2.75) is 97.2 Å². The minimum atomic E-state index is -0.768. The standard InChI is InChI=1S/C31H49N3O3/c1-24-20-34(22-26-13-9-6-10-14-26)23-31(24,19-28(35)37-30(2,3)4)29(36)32-27-15-17-33(18-16-27)21-25-11-7-5-8-12-25/h6,9-10,13-14,24-25,27H,5,7-8,11-12,15-23H2,1-4H3,(H,32,36)/t24-,31+/m0/s1. The predicted octanol–water partition coefficient (Wildman–Crippen LogP) is 5.02. The molecule has 206 valence electrons. The van der Waals surface area contributed by atoms with E-state index in [-0.39, 0.29) is 30.3 Å². The van der Waals surface area contributed by atoms with Gasteiger partial charge >= 0.3 is 5.97 Å². The smallest absolute Gasteiger partial charge is 0.307 e. The molecule has 3 aliphatic rings. The summed E-state index contributed by atoms with van der Waals surface area (Å²) in [7, 11) is 0. The van der Waals surface area contributed by atoms with Crippen molar-refractivity contribution in [2.75, 3.05) is 32.7 Å². The molecule has 1 aromatic rings. The fourth-order valence-electron chi connectivity index (χ4n) is 6.71. The number of rotatable bonds is 8. The molecule has 2 saturated heterocycles. The first-order valence-electron chi connectivity index (χ1n) is 14.6. The van der Waals surface area contributed by atoms with Crippen LogP contribution in [0, 0.1) is 17.3 Å². The minimum Gasteiger partial charge on any atom is -0.460 e. The Morgan fingerprint density at radius 3 is 2.32 bits per heavy atom. The van der Waals surface area contributed by atoms with Gasteiger partial charge in [0.2, 0.25) is 5.91 Å². The molecule has 2 heterocycles. The van der Waals surface area contributed by atoms with Gasteiger partial charge in [-0.1, -0.05) is 56.5 Å². The third kappa shape index (κ3) is 7.79. The van der Waals surface area contributed by atoms with E-state index in [1.54, 1.807) is 0 Å². The van der Waals surface area contributed by atoms with Crippen molar-refractivity contribution in [3.63, 3.8) is 0 Å². The Kier molecular flexibility index (Phi) is 9.33. The Bertz CT molecular complexity index is 885. The lowest BCUT2D eigenvalue weighted by molar-refractivity contribution is -0.161. The van der Waals surface area contributed by atoms with E-state index in [1.807, 2.05) is 26.8 Å². The molecule has 0 unspecified atom stereocenters. The van der Waals surface area contributed by atoms with E-state index in [9.17, 15) is 9.59 Å². The van der Waals surface area contributed by atoms with Crippen LogP contribution in [0.15, 0.2) is 30.3 Å². The summed E-state index contributed by atoms with van der Waals surface area (Å²) in [6, 6.07) is 10.6. The number of likely N-dealkylation sites (tertiary alicyclic amines) is 2. The lowest BCUT2D eigenvalue weighted by Gasteiger charge is -2.38. The number of amides is 1.